The zero-order valence-corrected chi connectivity index (χ0v) is 8.04. The summed E-state index contributed by atoms with van der Waals surface area (Å²) in [5.41, 5.74) is 0. The van der Waals surface area contributed by atoms with Crippen molar-refractivity contribution < 1.29 is 9.84 Å². The molecule has 1 aliphatic heterocycles. The fraction of sp³-hybridized carbons (Fsp3) is 1.00. The topological polar surface area (TPSA) is 41.5 Å². The Hall–Kier alpha value is -0.120. The Morgan fingerprint density at radius 2 is 1.92 bits per heavy atom. The van der Waals surface area contributed by atoms with Crippen LogP contribution in [0.5, 0.6) is 0 Å². The minimum Gasteiger partial charge on any atom is -0.393 e. The van der Waals surface area contributed by atoms with Crippen LogP contribution < -0.4 is 5.32 Å². The lowest BCUT2D eigenvalue weighted by molar-refractivity contribution is 0.0562. The zero-order valence-electron chi connectivity index (χ0n) is 8.04. The van der Waals surface area contributed by atoms with Crippen molar-refractivity contribution in [3.63, 3.8) is 0 Å². The van der Waals surface area contributed by atoms with Gasteiger partial charge in [0, 0.05) is 25.3 Å². The van der Waals surface area contributed by atoms with Gasteiger partial charge in [0.2, 0.25) is 0 Å². The van der Waals surface area contributed by atoms with Crippen LogP contribution in [0.25, 0.3) is 0 Å². The van der Waals surface area contributed by atoms with Crippen molar-refractivity contribution in [2.24, 2.45) is 0 Å². The molecule has 1 unspecified atom stereocenters. The average molecular weight is 185 g/mol. The number of nitrogens with one attached hydrogen (secondary N) is 1. The van der Waals surface area contributed by atoms with Gasteiger partial charge in [-0.15, -0.1) is 0 Å². The van der Waals surface area contributed by atoms with Crippen LogP contribution in [0.4, 0.5) is 0 Å². The van der Waals surface area contributed by atoms with Gasteiger partial charge in [-0.25, -0.2) is 0 Å². The highest BCUT2D eigenvalue weighted by molar-refractivity contribution is 4.87. The van der Waals surface area contributed by atoms with E-state index >= 15 is 0 Å². The molecule has 0 aromatic heterocycles. The molecule has 0 aromatic rings. The van der Waals surface area contributed by atoms with E-state index in [0.717, 1.165) is 32.5 Å². The predicted octanol–water partition coefficient (Wildman–Crippen LogP) is 0.668. The largest absolute Gasteiger partial charge is 0.393 e. The fourth-order valence-electron chi connectivity index (χ4n) is 2.13. The summed E-state index contributed by atoms with van der Waals surface area (Å²) in [7, 11) is 0. The van der Waals surface area contributed by atoms with Crippen LogP contribution in [-0.2, 0) is 4.74 Å². The Balaban J connectivity index is 1.67. The molecule has 0 amide bonds. The molecule has 1 saturated heterocycles. The molecule has 1 heterocycles. The third-order valence-corrected chi connectivity index (χ3v) is 3.04. The summed E-state index contributed by atoms with van der Waals surface area (Å²) in [5, 5.41) is 12.7. The molecule has 2 fully saturated rings. The van der Waals surface area contributed by atoms with E-state index in [-0.39, 0.29) is 6.10 Å². The number of hydrogen-bond acceptors (Lipinski definition) is 3. The Bertz CT molecular complexity index is 149. The first kappa shape index (κ1) is 9.44. The van der Waals surface area contributed by atoms with Gasteiger partial charge in [0.05, 0.1) is 6.10 Å². The molecule has 13 heavy (non-hydrogen) atoms. The molecule has 1 saturated carbocycles. The highest BCUT2D eigenvalue weighted by Gasteiger charge is 2.28. The van der Waals surface area contributed by atoms with Gasteiger partial charge >= 0.3 is 0 Å². The molecule has 76 valence electrons. The first-order chi connectivity index (χ1) is 6.34. The van der Waals surface area contributed by atoms with Gasteiger partial charge in [-0.05, 0) is 32.1 Å². The van der Waals surface area contributed by atoms with E-state index in [4.69, 9.17) is 9.84 Å². The lowest BCUT2D eigenvalue weighted by Crippen LogP contribution is -2.48. The fourth-order valence-corrected chi connectivity index (χ4v) is 2.13. The van der Waals surface area contributed by atoms with Crippen LogP contribution >= 0.6 is 0 Å². The van der Waals surface area contributed by atoms with Gasteiger partial charge in [0.25, 0.3) is 0 Å². The number of aliphatic hydroxyl groups excluding tert-OH is 1. The Labute approximate surface area is 79.5 Å². The minimum atomic E-state index is -0.0421. The second-order valence-corrected chi connectivity index (χ2v) is 4.23. The van der Waals surface area contributed by atoms with E-state index in [1.165, 1.54) is 12.8 Å². The Kier molecular flexibility index (Phi) is 3.19. The van der Waals surface area contributed by atoms with Crippen molar-refractivity contribution in [2.75, 3.05) is 13.2 Å². The van der Waals surface area contributed by atoms with Crippen molar-refractivity contribution in [2.45, 2.75) is 50.3 Å². The monoisotopic (exact) mass is 185 g/mol. The molecule has 0 radical (unpaired) electrons. The van der Waals surface area contributed by atoms with Gasteiger partial charge in [-0.3, -0.25) is 0 Å². The Morgan fingerprint density at radius 1 is 1.08 bits per heavy atom. The lowest BCUT2D eigenvalue weighted by Gasteiger charge is -2.35. The van der Waals surface area contributed by atoms with E-state index in [0.29, 0.717) is 12.1 Å². The first-order valence-electron chi connectivity index (χ1n) is 5.36. The maximum atomic E-state index is 9.14. The van der Waals surface area contributed by atoms with Crippen LogP contribution in [0, 0.1) is 0 Å². The van der Waals surface area contributed by atoms with Gasteiger partial charge in [-0.2, -0.15) is 0 Å². The summed E-state index contributed by atoms with van der Waals surface area (Å²) in [5.74, 6) is 0. The Morgan fingerprint density at radius 3 is 2.69 bits per heavy atom. The van der Waals surface area contributed by atoms with E-state index in [1.807, 2.05) is 0 Å². The number of hydrogen-bond donors (Lipinski definition) is 2. The summed E-state index contributed by atoms with van der Waals surface area (Å²) < 4.78 is 5.39. The quantitative estimate of drug-likeness (QED) is 0.664. The van der Waals surface area contributed by atoms with Crippen LogP contribution in [0.3, 0.4) is 0 Å². The van der Waals surface area contributed by atoms with E-state index in [2.05, 4.69) is 5.32 Å². The van der Waals surface area contributed by atoms with Crippen LogP contribution in [0.1, 0.15) is 32.1 Å². The van der Waals surface area contributed by atoms with Crippen molar-refractivity contribution in [1.29, 1.82) is 0 Å². The molecule has 1 atom stereocenters. The molecule has 2 rings (SSSR count). The molecule has 2 aliphatic rings. The highest BCUT2D eigenvalue weighted by atomic mass is 16.5. The SMILES string of the molecule is OC1CC(NC2CCCOCC2)C1. The van der Waals surface area contributed by atoms with Crippen molar-refractivity contribution in [3.05, 3.63) is 0 Å². The van der Waals surface area contributed by atoms with E-state index < -0.39 is 0 Å². The highest BCUT2D eigenvalue weighted by Crippen LogP contribution is 2.21. The molecule has 0 bridgehead atoms. The smallest absolute Gasteiger partial charge is 0.0570 e. The van der Waals surface area contributed by atoms with Gasteiger partial charge in [-0.1, -0.05) is 0 Å². The van der Waals surface area contributed by atoms with E-state index in [1.54, 1.807) is 0 Å². The molecule has 3 heteroatoms. The van der Waals surface area contributed by atoms with E-state index in [9.17, 15) is 0 Å². The van der Waals surface area contributed by atoms with Crippen molar-refractivity contribution in [1.82, 2.24) is 5.32 Å². The maximum Gasteiger partial charge on any atom is 0.0570 e. The number of ether oxygens (including phenoxy) is 1. The molecule has 0 spiro atoms. The summed E-state index contributed by atoms with van der Waals surface area (Å²) in [4.78, 5) is 0. The zero-order chi connectivity index (χ0) is 9.10. The van der Waals surface area contributed by atoms with Crippen LogP contribution in [0.2, 0.25) is 0 Å². The summed E-state index contributed by atoms with van der Waals surface area (Å²) >= 11 is 0. The van der Waals surface area contributed by atoms with Crippen molar-refractivity contribution >= 4 is 0 Å². The second-order valence-electron chi connectivity index (χ2n) is 4.23. The van der Waals surface area contributed by atoms with Crippen LogP contribution in [-0.4, -0.2) is 36.5 Å². The standard InChI is InChI=1S/C10H19NO2/c12-10-6-9(7-10)11-8-2-1-4-13-5-3-8/h8-12H,1-7H2. The van der Waals surface area contributed by atoms with Crippen molar-refractivity contribution in [3.8, 4) is 0 Å². The molecule has 1 aliphatic carbocycles. The van der Waals surface area contributed by atoms with Gasteiger partial charge in [0.15, 0.2) is 0 Å². The normalized spacial score (nSPS) is 40.8. The molecule has 3 nitrogen and oxygen atoms in total. The minimum absolute atomic E-state index is 0.0421. The summed E-state index contributed by atoms with van der Waals surface area (Å²) in [6.07, 6.45) is 5.38. The number of rotatable bonds is 2. The summed E-state index contributed by atoms with van der Waals surface area (Å²) in [6, 6.07) is 1.19. The summed E-state index contributed by atoms with van der Waals surface area (Å²) in [6.45, 7) is 1.82. The second kappa shape index (κ2) is 4.40. The maximum absolute atomic E-state index is 9.14. The number of aliphatic hydroxyl groups is 1. The predicted molar refractivity (Wildman–Crippen MR) is 50.6 cm³/mol. The lowest BCUT2D eigenvalue weighted by atomic mass is 9.88. The third kappa shape index (κ3) is 2.66. The first-order valence-corrected chi connectivity index (χ1v) is 5.36. The molecular formula is C10H19NO2. The van der Waals surface area contributed by atoms with Gasteiger partial charge in [0.1, 0.15) is 0 Å². The molecular weight excluding hydrogens is 166 g/mol. The van der Waals surface area contributed by atoms with Crippen LogP contribution in [0.15, 0.2) is 0 Å². The third-order valence-electron chi connectivity index (χ3n) is 3.04. The molecule has 2 N–H and O–H groups in total. The average Bonchev–Trinajstić information content (AvgIpc) is 2.30. The molecule has 0 aromatic carbocycles. The van der Waals surface area contributed by atoms with Gasteiger partial charge < -0.3 is 15.2 Å².